The van der Waals surface area contributed by atoms with Gasteiger partial charge in [-0.3, -0.25) is 14.2 Å². The highest BCUT2D eigenvalue weighted by Gasteiger charge is 2.21. The number of nitrogens with one attached hydrogen (secondary N) is 1. The lowest BCUT2D eigenvalue weighted by Crippen LogP contribution is -2.31. The smallest absolute Gasteiger partial charge is 0.272 e. The number of carbonyl (C=O) groups excluding carboxylic acids is 1. The number of fused-ring (bicyclic) bond motifs is 3. The summed E-state index contributed by atoms with van der Waals surface area (Å²) < 4.78 is 1.89. The molecule has 0 radical (unpaired) electrons. The Morgan fingerprint density at radius 1 is 1.18 bits per heavy atom. The molecule has 4 aromatic rings. The molecule has 3 aromatic heterocycles. The molecule has 0 saturated heterocycles. The molecule has 1 amide bonds. The van der Waals surface area contributed by atoms with E-state index in [0.29, 0.717) is 10.2 Å². The number of benzene rings is 1. The highest BCUT2D eigenvalue weighted by molar-refractivity contribution is 7.25. The molecule has 0 saturated carbocycles. The van der Waals surface area contributed by atoms with E-state index in [1.54, 1.807) is 13.1 Å². The summed E-state index contributed by atoms with van der Waals surface area (Å²) in [6.45, 7) is 7.65. The third-order valence-electron chi connectivity index (χ3n) is 4.90. The van der Waals surface area contributed by atoms with Crippen molar-refractivity contribution in [2.45, 2.75) is 33.7 Å². The summed E-state index contributed by atoms with van der Waals surface area (Å²) in [6.07, 6.45) is 3.14. The largest absolute Gasteiger partial charge is 0.324 e. The molecule has 7 heteroatoms. The number of pyridine rings is 1. The van der Waals surface area contributed by atoms with Crippen LogP contribution in [0.5, 0.6) is 0 Å². The lowest BCUT2D eigenvalue weighted by Gasteiger charge is -2.17. The molecular formula is C21H20N4O2S. The molecule has 0 fully saturated rings. The molecule has 142 valence electrons. The van der Waals surface area contributed by atoms with Crippen molar-refractivity contribution in [1.82, 2.24) is 14.5 Å². The first kappa shape index (κ1) is 18.3. The van der Waals surface area contributed by atoms with E-state index in [1.165, 1.54) is 22.2 Å². The molecule has 28 heavy (non-hydrogen) atoms. The minimum absolute atomic E-state index is 0.229. The van der Waals surface area contributed by atoms with E-state index in [4.69, 9.17) is 0 Å². The summed E-state index contributed by atoms with van der Waals surface area (Å²) in [5, 5.41) is 3.83. The summed E-state index contributed by atoms with van der Waals surface area (Å²) in [5.74, 6) is -0.252. The number of hydrogen-bond donors (Lipinski definition) is 1. The van der Waals surface area contributed by atoms with Gasteiger partial charge in [0.1, 0.15) is 15.6 Å². The van der Waals surface area contributed by atoms with E-state index < -0.39 is 6.04 Å². The van der Waals surface area contributed by atoms with Crippen molar-refractivity contribution in [1.29, 1.82) is 0 Å². The van der Waals surface area contributed by atoms with Crippen LogP contribution in [-0.2, 0) is 4.79 Å². The second-order valence-corrected chi connectivity index (χ2v) is 8.03. The predicted molar refractivity (Wildman–Crippen MR) is 113 cm³/mol. The van der Waals surface area contributed by atoms with Crippen molar-refractivity contribution < 1.29 is 4.79 Å². The van der Waals surface area contributed by atoms with Crippen molar-refractivity contribution in [2.75, 3.05) is 5.32 Å². The Kier molecular flexibility index (Phi) is 4.47. The Morgan fingerprint density at radius 2 is 1.89 bits per heavy atom. The van der Waals surface area contributed by atoms with E-state index in [1.807, 2.05) is 45.0 Å². The molecule has 3 heterocycles. The quantitative estimate of drug-likeness (QED) is 0.569. The normalized spacial score (nSPS) is 12.4. The zero-order chi connectivity index (χ0) is 20.0. The molecule has 1 N–H and O–H groups in total. The number of aromatic nitrogens is 3. The van der Waals surface area contributed by atoms with E-state index in [9.17, 15) is 9.59 Å². The number of aryl methyl sites for hydroxylation is 3. The predicted octanol–water partition coefficient (Wildman–Crippen LogP) is 4.13. The fourth-order valence-corrected chi connectivity index (χ4v) is 4.52. The van der Waals surface area contributed by atoms with Crippen LogP contribution in [0.4, 0.5) is 5.69 Å². The zero-order valence-corrected chi connectivity index (χ0v) is 16.9. The summed E-state index contributed by atoms with van der Waals surface area (Å²) in [4.78, 5) is 35.4. The molecule has 4 rings (SSSR count). The molecule has 1 atom stereocenters. The second kappa shape index (κ2) is 6.83. The topological polar surface area (TPSA) is 76.9 Å². The minimum atomic E-state index is -0.692. The van der Waals surface area contributed by atoms with Gasteiger partial charge in [-0.05, 0) is 51.0 Å². The maximum atomic E-state index is 13.0. The van der Waals surface area contributed by atoms with Gasteiger partial charge in [0.15, 0.2) is 0 Å². The van der Waals surface area contributed by atoms with Gasteiger partial charge in [-0.2, -0.15) is 0 Å². The van der Waals surface area contributed by atoms with Crippen LogP contribution in [0.2, 0.25) is 0 Å². The first-order valence-corrected chi connectivity index (χ1v) is 9.81. The van der Waals surface area contributed by atoms with E-state index in [-0.39, 0.29) is 11.5 Å². The molecule has 0 aliphatic carbocycles. The first-order valence-electron chi connectivity index (χ1n) is 9.00. The second-order valence-electron chi connectivity index (χ2n) is 7.03. The number of nitrogens with zero attached hydrogens (tertiary/aromatic N) is 3. The summed E-state index contributed by atoms with van der Waals surface area (Å²) in [5.41, 5.74) is 4.32. The Morgan fingerprint density at radius 3 is 2.61 bits per heavy atom. The van der Waals surface area contributed by atoms with Gasteiger partial charge < -0.3 is 5.32 Å². The maximum Gasteiger partial charge on any atom is 0.272 e. The van der Waals surface area contributed by atoms with Crippen molar-refractivity contribution in [3.05, 3.63) is 63.8 Å². The lowest BCUT2D eigenvalue weighted by molar-refractivity contribution is -0.118. The van der Waals surface area contributed by atoms with Crippen LogP contribution in [-0.4, -0.2) is 20.4 Å². The lowest BCUT2D eigenvalue weighted by atomic mass is 10.0. The highest BCUT2D eigenvalue weighted by Crippen LogP contribution is 2.28. The van der Waals surface area contributed by atoms with Crippen LogP contribution in [0.25, 0.3) is 20.4 Å². The van der Waals surface area contributed by atoms with Gasteiger partial charge in [0.2, 0.25) is 5.91 Å². The van der Waals surface area contributed by atoms with Crippen molar-refractivity contribution in [3.8, 4) is 0 Å². The van der Waals surface area contributed by atoms with Crippen LogP contribution < -0.4 is 10.9 Å². The van der Waals surface area contributed by atoms with Crippen molar-refractivity contribution in [3.63, 3.8) is 0 Å². The third kappa shape index (κ3) is 2.97. The Labute approximate surface area is 165 Å². The summed E-state index contributed by atoms with van der Waals surface area (Å²) in [7, 11) is 0. The average molecular weight is 392 g/mol. The monoisotopic (exact) mass is 392 g/mol. The average Bonchev–Trinajstić information content (AvgIpc) is 3.04. The van der Waals surface area contributed by atoms with Gasteiger partial charge in [0.05, 0.1) is 11.8 Å². The number of amides is 1. The van der Waals surface area contributed by atoms with E-state index >= 15 is 0 Å². The number of anilines is 1. The standard InChI is InChI=1S/C21H20N4O2S/c1-11-8-12(2)16(13(3)9-11)24-19(26)14(4)25-10-23-17-15-6-5-7-22-20(15)28-18(17)21(25)27/h5-10,14H,1-4H3,(H,24,26)/t14-/m1/s1. The van der Waals surface area contributed by atoms with Crippen molar-refractivity contribution >= 4 is 43.4 Å². The number of carbonyl (C=O) groups is 1. The Hall–Kier alpha value is -3.06. The molecule has 0 aliphatic rings. The number of rotatable bonds is 3. The summed E-state index contributed by atoms with van der Waals surface area (Å²) in [6, 6.07) is 7.08. The molecule has 1 aromatic carbocycles. The third-order valence-corrected chi connectivity index (χ3v) is 5.99. The van der Waals surface area contributed by atoms with Gasteiger partial charge in [-0.15, -0.1) is 11.3 Å². The zero-order valence-electron chi connectivity index (χ0n) is 16.1. The van der Waals surface area contributed by atoms with E-state index in [2.05, 4.69) is 15.3 Å². The van der Waals surface area contributed by atoms with Crippen molar-refractivity contribution in [2.24, 2.45) is 0 Å². The van der Waals surface area contributed by atoms with Gasteiger partial charge in [0, 0.05) is 17.3 Å². The number of thiophene rings is 1. The molecule has 0 bridgehead atoms. The fourth-order valence-electron chi connectivity index (χ4n) is 3.49. The minimum Gasteiger partial charge on any atom is -0.324 e. The van der Waals surface area contributed by atoms with Gasteiger partial charge in [0.25, 0.3) is 5.56 Å². The van der Waals surface area contributed by atoms with Gasteiger partial charge in [-0.1, -0.05) is 17.7 Å². The maximum absolute atomic E-state index is 13.0. The fraction of sp³-hybridized carbons (Fsp3) is 0.238. The van der Waals surface area contributed by atoms with Crippen LogP contribution in [0.15, 0.2) is 41.6 Å². The SMILES string of the molecule is Cc1cc(C)c(NC(=O)[C@@H](C)n2cnc3c(sc4ncccc43)c2=O)c(C)c1. The molecule has 0 unspecified atom stereocenters. The Bertz CT molecular complexity index is 1270. The molecular weight excluding hydrogens is 372 g/mol. The van der Waals surface area contributed by atoms with Crippen LogP contribution in [0.1, 0.15) is 29.7 Å². The Balaban J connectivity index is 1.71. The number of hydrogen-bond acceptors (Lipinski definition) is 5. The summed E-state index contributed by atoms with van der Waals surface area (Å²) >= 11 is 1.30. The van der Waals surface area contributed by atoms with Crippen LogP contribution in [0, 0.1) is 20.8 Å². The molecule has 6 nitrogen and oxygen atoms in total. The molecule has 0 spiro atoms. The van der Waals surface area contributed by atoms with Crippen LogP contribution >= 0.6 is 11.3 Å². The van der Waals surface area contributed by atoms with Gasteiger partial charge >= 0.3 is 0 Å². The van der Waals surface area contributed by atoms with Crippen LogP contribution in [0.3, 0.4) is 0 Å². The van der Waals surface area contributed by atoms with E-state index in [0.717, 1.165) is 32.6 Å². The van der Waals surface area contributed by atoms with Gasteiger partial charge in [-0.25, -0.2) is 9.97 Å². The highest BCUT2D eigenvalue weighted by atomic mass is 32.1. The molecule has 0 aliphatic heterocycles. The first-order chi connectivity index (χ1) is 13.4.